The fourth-order valence-corrected chi connectivity index (χ4v) is 1.72. The highest BCUT2D eigenvalue weighted by molar-refractivity contribution is 9.10. The van der Waals surface area contributed by atoms with Gasteiger partial charge in [0.15, 0.2) is 0 Å². The number of nitrogen functional groups attached to an aromatic ring is 1. The van der Waals surface area contributed by atoms with Gasteiger partial charge in [0, 0.05) is 23.8 Å². The van der Waals surface area contributed by atoms with Crippen molar-refractivity contribution in [1.82, 2.24) is 4.90 Å². The molecule has 0 atom stereocenters. The number of nitrogens with two attached hydrogens (primary N) is 1. The van der Waals surface area contributed by atoms with Crippen LogP contribution in [-0.2, 0) is 0 Å². The van der Waals surface area contributed by atoms with Crippen LogP contribution in [0.25, 0.3) is 0 Å². The molecule has 0 saturated carbocycles. The molecule has 0 aliphatic rings. The topological polar surface area (TPSA) is 46.3 Å². The number of nitrogens with zero attached hydrogens (tertiary/aromatic N) is 1. The highest BCUT2D eigenvalue weighted by Crippen LogP contribution is 2.19. The normalized spacial score (nSPS) is 10.1. The third-order valence-corrected chi connectivity index (χ3v) is 2.64. The molecule has 15 heavy (non-hydrogen) atoms. The number of carbonyl (C=O) groups excluding carboxylic acids is 1. The Hall–Kier alpha value is -1.03. The van der Waals surface area contributed by atoms with E-state index in [2.05, 4.69) is 15.9 Å². The molecule has 0 radical (unpaired) electrons. The number of rotatable bonds is 3. The van der Waals surface area contributed by atoms with Gasteiger partial charge in [0.25, 0.3) is 5.91 Å². The minimum atomic E-state index is -0.0318. The summed E-state index contributed by atoms with van der Waals surface area (Å²) in [6.07, 6.45) is 0.941. The highest BCUT2D eigenvalue weighted by Gasteiger charge is 2.13. The average molecular weight is 271 g/mol. The monoisotopic (exact) mass is 270 g/mol. The van der Waals surface area contributed by atoms with Crippen LogP contribution >= 0.6 is 15.9 Å². The summed E-state index contributed by atoms with van der Waals surface area (Å²) in [7, 11) is 1.78. The fraction of sp³-hybridized carbons (Fsp3) is 0.364. The third-order valence-electron chi connectivity index (χ3n) is 2.15. The summed E-state index contributed by atoms with van der Waals surface area (Å²) in [6, 6.07) is 5.31. The Morgan fingerprint density at radius 3 is 2.80 bits per heavy atom. The zero-order valence-corrected chi connectivity index (χ0v) is 10.5. The van der Waals surface area contributed by atoms with Crippen LogP contribution in [0.3, 0.4) is 0 Å². The zero-order chi connectivity index (χ0) is 11.4. The van der Waals surface area contributed by atoms with Gasteiger partial charge >= 0.3 is 0 Å². The average Bonchev–Trinajstić information content (AvgIpc) is 2.21. The summed E-state index contributed by atoms with van der Waals surface area (Å²) in [4.78, 5) is 13.6. The quantitative estimate of drug-likeness (QED) is 0.858. The van der Waals surface area contributed by atoms with Crippen molar-refractivity contribution in [3.05, 3.63) is 28.2 Å². The van der Waals surface area contributed by atoms with Crippen LogP contribution in [0.4, 0.5) is 5.69 Å². The van der Waals surface area contributed by atoms with Crippen LogP contribution in [0.15, 0.2) is 22.7 Å². The molecule has 0 saturated heterocycles. The molecule has 0 bridgehead atoms. The molecule has 1 amide bonds. The van der Waals surface area contributed by atoms with Crippen molar-refractivity contribution in [2.24, 2.45) is 0 Å². The predicted molar refractivity (Wildman–Crippen MR) is 65.8 cm³/mol. The Bertz CT molecular complexity index is 366. The van der Waals surface area contributed by atoms with E-state index in [4.69, 9.17) is 5.73 Å². The summed E-state index contributed by atoms with van der Waals surface area (Å²) in [5.41, 5.74) is 6.83. The van der Waals surface area contributed by atoms with Crippen LogP contribution in [0, 0.1) is 0 Å². The van der Waals surface area contributed by atoms with Crippen LogP contribution in [0.1, 0.15) is 23.7 Å². The van der Waals surface area contributed by atoms with Crippen LogP contribution in [-0.4, -0.2) is 24.4 Å². The number of anilines is 1. The lowest BCUT2D eigenvalue weighted by molar-refractivity contribution is 0.0796. The molecular formula is C11H15BrN2O. The molecule has 0 fully saturated rings. The molecule has 0 aliphatic heterocycles. The molecule has 0 aliphatic carbocycles. The Balaban J connectivity index is 2.95. The molecule has 0 heterocycles. The van der Waals surface area contributed by atoms with Gasteiger partial charge < -0.3 is 10.6 Å². The van der Waals surface area contributed by atoms with E-state index in [1.54, 1.807) is 24.1 Å². The van der Waals surface area contributed by atoms with Gasteiger partial charge in [-0.15, -0.1) is 0 Å². The van der Waals surface area contributed by atoms with Gasteiger partial charge in [-0.05, 0) is 24.6 Å². The molecule has 2 N–H and O–H groups in total. The number of carbonyl (C=O) groups is 1. The van der Waals surface area contributed by atoms with E-state index in [1.807, 2.05) is 13.0 Å². The summed E-state index contributed by atoms with van der Waals surface area (Å²) in [5, 5.41) is 0. The first-order valence-corrected chi connectivity index (χ1v) is 5.66. The Labute approximate surface area is 98.4 Å². The Kier molecular flexibility index (Phi) is 4.15. The minimum absolute atomic E-state index is 0.0318. The molecule has 1 rings (SSSR count). The van der Waals surface area contributed by atoms with E-state index in [0.29, 0.717) is 11.3 Å². The summed E-state index contributed by atoms with van der Waals surface area (Å²) >= 11 is 3.33. The van der Waals surface area contributed by atoms with Crippen molar-refractivity contribution < 1.29 is 4.79 Å². The molecular weight excluding hydrogens is 256 g/mol. The van der Waals surface area contributed by atoms with Crippen molar-refractivity contribution in [2.75, 3.05) is 19.3 Å². The molecule has 1 aromatic rings. The largest absolute Gasteiger partial charge is 0.398 e. The van der Waals surface area contributed by atoms with Crippen molar-refractivity contribution in [3.63, 3.8) is 0 Å². The van der Waals surface area contributed by atoms with Crippen molar-refractivity contribution in [3.8, 4) is 0 Å². The van der Waals surface area contributed by atoms with Crippen LogP contribution in [0.2, 0.25) is 0 Å². The van der Waals surface area contributed by atoms with E-state index in [0.717, 1.165) is 17.4 Å². The van der Waals surface area contributed by atoms with Gasteiger partial charge in [0.05, 0.1) is 5.56 Å². The lowest BCUT2D eigenvalue weighted by Crippen LogP contribution is -2.28. The van der Waals surface area contributed by atoms with Crippen molar-refractivity contribution in [1.29, 1.82) is 0 Å². The Morgan fingerprint density at radius 2 is 2.20 bits per heavy atom. The maximum atomic E-state index is 11.9. The number of halogens is 1. The van der Waals surface area contributed by atoms with Gasteiger partial charge in [-0.25, -0.2) is 0 Å². The Morgan fingerprint density at radius 1 is 1.53 bits per heavy atom. The van der Waals surface area contributed by atoms with Gasteiger partial charge in [-0.1, -0.05) is 22.9 Å². The predicted octanol–water partition coefficient (Wildman–Crippen LogP) is 2.51. The smallest absolute Gasteiger partial charge is 0.255 e. The second-order valence-electron chi connectivity index (χ2n) is 3.46. The molecule has 3 nitrogen and oxygen atoms in total. The third kappa shape index (κ3) is 2.96. The first kappa shape index (κ1) is 12.0. The van der Waals surface area contributed by atoms with Crippen LogP contribution in [0.5, 0.6) is 0 Å². The van der Waals surface area contributed by atoms with E-state index >= 15 is 0 Å². The van der Waals surface area contributed by atoms with E-state index in [9.17, 15) is 4.79 Å². The van der Waals surface area contributed by atoms with Gasteiger partial charge in [-0.3, -0.25) is 4.79 Å². The summed E-state index contributed by atoms with van der Waals surface area (Å²) < 4.78 is 0.866. The number of hydrogen-bond donors (Lipinski definition) is 1. The second kappa shape index (κ2) is 5.16. The zero-order valence-electron chi connectivity index (χ0n) is 8.96. The summed E-state index contributed by atoms with van der Waals surface area (Å²) in [5.74, 6) is -0.0318. The highest BCUT2D eigenvalue weighted by atomic mass is 79.9. The van der Waals surface area contributed by atoms with E-state index in [1.165, 1.54) is 0 Å². The van der Waals surface area contributed by atoms with Gasteiger partial charge in [0.2, 0.25) is 0 Å². The van der Waals surface area contributed by atoms with Crippen LogP contribution < -0.4 is 5.73 Å². The van der Waals surface area contributed by atoms with Gasteiger partial charge in [-0.2, -0.15) is 0 Å². The maximum Gasteiger partial charge on any atom is 0.255 e. The lowest BCUT2D eigenvalue weighted by Gasteiger charge is -2.17. The second-order valence-corrected chi connectivity index (χ2v) is 4.37. The molecule has 0 aromatic heterocycles. The molecule has 4 heteroatoms. The molecule has 1 aromatic carbocycles. The lowest BCUT2D eigenvalue weighted by atomic mass is 10.1. The number of amides is 1. The SMILES string of the molecule is CCCN(C)C(=O)c1cc(Br)ccc1N. The number of hydrogen-bond acceptors (Lipinski definition) is 2. The van der Waals surface area contributed by atoms with E-state index in [-0.39, 0.29) is 5.91 Å². The first-order valence-electron chi connectivity index (χ1n) is 4.86. The molecule has 82 valence electrons. The van der Waals surface area contributed by atoms with Crippen molar-refractivity contribution in [2.45, 2.75) is 13.3 Å². The minimum Gasteiger partial charge on any atom is -0.398 e. The summed E-state index contributed by atoms with van der Waals surface area (Å²) in [6.45, 7) is 2.78. The van der Waals surface area contributed by atoms with E-state index < -0.39 is 0 Å². The number of benzene rings is 1. The fourth-order valence-electron chi connectivity index (χ4n) is 1.36. The first-order chi connectivity index (χ1) is 7.06. The molecule has 0 unspecified atom stereocenters. The van der Waals surface area contributed by atoms with Gasteiger partial charge in [0.1, 0.15) is 0 Å². The van der Waals surface area contributed by atoms with Crippen molar-refractivity contribution >= 4 is 27.5 Å². The standard InChI is InChI=1S/C11H15BrN2O/c1-3-6-14(2)11(15)9-7-8(12)4-5-10(9)13/h4-5,7H,3,6,13H2,1-2H3. The molecule has 0 spiro atoms. The maximum absolute atomic E-state index is 11.9.